The summed E-state index contributed by atoms with van der Waals surface area (Å²) in [6.07, 6.45) is 4.25. The number of benzene rings is 2. The van der Waals surface area contributed by atoms with Gasteiger partial charge in [-0.2, -0.15) is 0 Å². The number of nitrogens with one attached hydrogen (secondary N) is 2. The van der Waals surface area contributed by atoms with Crippen molar-refractivity contribution in [1.29, 1.82) is 0 Å². The van der Waals surface area contributed by atoms with E-state index >= 15 is 0 Å². The molecule has 5 heteroatoms. The molecule has 0 unspecified atom stereocenters. The third-order valence-electron chi connectivity index (χ3n) is 4.11. The maximum atomic E-state index is 5.87. The van der Waals surface area contributed by atoms with Gasteiger partial charge < -0.3 is 26.5 Å². The van der Waals surface area contributed by atoms with Crippen molar-refractivity contribution in [2.75, 3.05) is 31.2 Å². The number of H-pyrrole nitrogens is 1. The van der Waals surface area contributed by atoms with E-state index in [1.807, 2.05) is 12.1 Å². The summed E-state index contributed by atoms with van der Waals surface area (Å²) >= 11 is 0. The Balaban J connectivity index is 1.35. The first-order valence-corrected chi connectivity index (χ1v) is 8.28. The number of hydrogen-bond acceptors (Lipinski definition) is 4. The Hall–Kier alpha value is -2.66. The molecule has 0 saturated heterocycles. The van der Waals surface area contributed by atoms with Gasteiger partial charge in [0, 0.05) is 23.6 Å². The Labute approximate surface area is 142 Å². The molecular weight excluding hydrogens is 300 g/mol. The number of aromatic amines is 1. The van der Waals surface area contributed by atoms with Crippen molar-refractivity contribution in [3.8, 4) is 5.75 Å². The lowest BCUT2D eigenvalue weighted by Gasteiger charge is -2.10. The van der Waals surface area contributed by atoms with E-state index in [0.29, 0.717) is 23.7 Å². The van der Waals surface area contributed by atoms with Gasteiger partial charge in [-0.1, -0.05) is 24.3 Å². The molecule has 0 saturated carbocycles. The molecule has 0 amide bonds. The number of nitrogens with two attached hydrogens (primary N) is 2. The van der Waals surface area contributed by atoms with Crippen LogP contribution in [-0.4, -0.2) is 24.7 Å². The number of rotatable bonds is 8. The van der Waals surface area contributed by atoms with Gasteiger partial charge in [0.25, 0.3) is 0 Å². The number of nitrogen functional groups attached to an aromatic ring is 2. The third kappa shape index (κ3) is 3.81. The highest BCUT2D eigenvalue weighted by atomic mass is 16.5. The summed E-state index contributed by atoms with van der Waals surface area (Å²) in [4.78, 5) is 3.31. The predicted molar refractivity (Wildman–Crippen MR) is 100 cm³/mol. The fourth-order valence-electron chi connectivity index (χ4n) is 2.79. The number of para-hydroxylation sites is 2. The Bertz CT molecular complexity index is 797. The highest BCUT2D eigenvalue weighted by Crippen LogP contribution is 2.26. The number of ether oxygens (including phenoxy) is 1. The molecule has 24 heavy (non-hydrogen) atoms. The zero-order chi connectivity index (χ0) is 16.8. The van der Waals surface area contributed by atoms with E-state index in [1.165, 1.54) is 16.5 Å². The van der Waals surface area contributed by atoms with Crippen LogP contribution in [-0.2, 0) is 6.42 Å². The van der Waals surface area contributed by atoms with Crippen LogP contribution in [0.2, 0.25) is 0 Å². The average molecular weight is 324 g/mol. The summed E-state index contributed by atoms with van der Waals surface area (Å²) in [5.74, 6) is 0.649. The van der Waals surface area contributed by atoms with Crippen LogP contribution in [0.15, 0.2) is 48.7 Å². The second kappa shape index (κ2) is 7.75. The maximum absolute atomic E-state index is 5.87. The first-order chi connectivity index (χ1) is 11.8. The van der Waals surface area contributed by atoms with Crippen LogP contribution in [0.25, 0.3) is 10.9 Å². The van der Waals surface area contributed by atoms with Crippen LogP contribution in [0.5, 0.6) is 5.75 Å². The Morgan fingerprint density at radius 1 is 1.00 bits per heavy atom. The summed E-state index contributed by atoms with van der Waals surface area (Å²) in [6, 6.07) is 13.9. The van der Waals surface area contributed by atoms with E-state index in [0.717, 1.165) is 25.9 Å². The molecule has 0 aliphatic carbocycles. The van der Waals surface area contributed by atoms with E-state index in [2.05, 4.69) is 40.8 Å². The lowest BCUT2D eigenvalue weighted by atomic mass is 10.1. The van der Waals surface area contributed by atoms with E-state index in [9.17, 15) is 0 Å². The summed E-state index contributed by atoms with van der Waals surface area (Å²) < 4.78 is 5.66. The van der Waals surface area contributed by atoms with Gasteiger partial charge in [-0.3, -0.25) is 0 Å². The molecule has 0 spiro atoms. The van der Waals surface area contributed by atoms with E-state index in [1.54, 1.807) is 6.07 Å². The molecule has 3 aromatic rings. The van der Waals surface area contributed by atoms with E-state index < -0.39 is 0 Å². The highest BCUT2D eigenvalue weighted by Gasteiger charge is 2.03. The van der Waals surface area contributed by atoms with Gasteiger partial charge in [-0.25, -0.2) is 0 Å². The van der Waals surface area contributed by atoms with Crippen molar-refractivity contribution in [2.24, 2.45) is 0 Å². The van der Waals surface area contributed by atoms with Crippen LogP contribution >= 0.6 is 0 Å². The molecule has 0 aliphatic rings. The first-order valence-electron chi connectivity index (χ1n) is 8.28. The molecule has 0 bridgehead atoms. The molecule has 0 aliphatic heterocycles. The average Bonchev–Trinajstić information content (AvgIpc) is 3.01. The van der Waals surface area contributed by atoms with Crippen LogP contribution in [0.3, 0.4) is 0 Å². The SMILES string of the molecule is Nc1cccc(OCCNCCCc2c[nH]c3ccccc23)c1N. The van der Waals surface area contributed by atoms with Gasteiger partial charge >= 0.3 is 0 Å². The minimum absolute atomic E-state index is 0.511. The summed E-state index contributed by atoms with van der Waals surface area (Å²) in [5, 5.41) is 4.71. The largest absolute Gasteiger partial charge is 0.490 e. The van der Waals surface area contributed by atoms with Crippen molar-refractivity contribution in [1.82, 2.24) is 10.3 Å². The molecule has 126 valence electrons. The fourth-order valence-corrected chi connectivity index (χ4v) is 2.79. The Kier molecular flexibility index (Phi) is 5.23. The lowest BCUT2D eigenvalue weighted by Crippen LogP contribution is -2.22. The number of fused-ring (bicyclic) bond motifs is 1. The van der Waals surface area contributed by atoms with Crippen molar-refractivity contribution >= 4 is 22.3 Å². The first kappa shape index (κ1) is 16.2. The minimum atomic E-state index is 0.511. The summed E-state index contributed by atoms with van der Waals surface area (Å²) in [7, 11) is 0. The van der Waals surface area contributed by atoms with Crippen LogP contribution in [0.4, 0.5) is 11.4 Å². The van der Waals surface area contributed by atoms with Gasteiger partial charge in [0.2, 0.25) is 0 Å². The third-order valence-corrected chi connectivity index (χ3v) is 4.11. The minimum Gasteiger partial charge on any atom is -0.490 e. The Morgan fingerprint density at radius 3 is 2.79 bits per heavy atom. The van der Waals surface area contributed by atoms with Gasteiger partial charge in [0.05, 0.1) is 11.4 Å². The molecule has 6 N–H and O–H groups in total. The zero-order valence-corrected chi connectivity index (χ0v) is 13.7. The smallest absolute Gasteiger partial charge is 0.144 e. The second-order valence-electron chi connectivity index (χ2n) is 5.82. The fraction of sp³-hybridized carbons (Fsp3) is 0.263. The number of aromatic nitrogens is 1. The maximum Gasteiger partial charge on any atom is 0.144 e. The van der Waals surface area contributed by atoms with Crippen molar-refractivity contribution in [2.45, 2.75) is 12.8 Å². The summed E-state index contributed by atoms with van der Waals surface area (Å²) in [6.45, 7) is 2.30. The predicted octanol–water partition coefficient (Wildman–Crippen LogP) is 2.93. The van der Waals surface area contributed by atoms with Gasteiger partial charge in [0.15, 0.2) is 0 Å². The highest BCUT2D eigenvalue weighted by molar-refractivity contribution is 5.83. The molecule has 0 atom stereocenters. The van der Waals surface area contributed by atoms with Gasteiger partial charge in [0.1, 0.15) is 12.4 Å². The van der Waals surface area contributed by atoms with Crippen LogP contribution in [0, 0.1) is 0 Å². The molecule has 3 rings (SSSR count). The van der Waals surface area contributed by atoms with Crippen molar-refractivity contribution < 1.29 is 4.74 Å². The quantitative estimate of drug-likeness (QED) is 0.379. The molecule has 1 heterocycles. The molecule has 5 nitrogen and oxygen atoms in total. The number of hydrogen-bond donors (Lipinski definition) is 4. The monoisotopic (exact) mass is 324 g/mol. The molecule has 2 aromatic carbocycles. The zero-order valence-electron chi connectivity index (χ0n) is 13.7. The molecule has 1 aromatic heterocycles. The van der Waals surface area contributed by atoms with Gasteiger partial charge in [-0.05, 0) is 43.1 Å². The summed E-state index contributed by atoms with van der Waals surface area (Å²) in [5.41, 5.74) is 15.3. The Morgan fingerprint density at radius 2 is 1.88 bits per heavy atom. The van der Waals surface area contributed by atoms with Crippen molar-refractivity contribution in [3.05, 3.63) is 54.2 Å². The number of anilines is 2. The van der Waals surface area contributed by atoms with E-state index in [-0.39, 0.29) is 0 Å². The molecule has 0 fully saturated rings. The molecule has 0 radical (unpaired) electrons. The van der Waals surface area contributed by atoms with Crippen LogP contribution < -0.4 is 21.5 Å². The normalized spacial score (nSPS) is 11.0. The second-order valence-corrected chi connectivity index (χ2v) is 5.82. The molecular formula is C19H24N4O. The van der Waals surface area contributed by atoms with E-state index in [4.69, 9.17) is 16.2 Å². The number of aryl methyl sites for hydroxylation is 1. The lowest BCUT2D eigenvalue weighted by molar-refractivity contribution is 0.315. The van der Waals surface area contributed by atoms with Crippen molar-refractivity contribution in [3.63, 3.8) is 0 Å². The standard InChI is InChI=1S/C19H24N4O/c20-16-7-3-9-18(19(16)21)24-12-11-22-10-4-5-14-13-23-17-8-2-1-6-15(14)17/h1-3,6-9,13,22-23H,4-5,10-12,20-21H2. The van der Waals surface area contributed by atoms with Crippen LogP contribution in [0.1, 0.15) is 12.0 Å². The van der Waals surface area contributed by atoms with Gasteiger partial charge in [-0.15, -0.1) is 0 Å². The topological polar surface area (TPSA) is 89.1 Å².